The summed E-state index contributed by atoms with van der Waals surface area (Å²) in [6, 6.07) is 4.50. The molecule has 0 spiro atoms. The lowest BCUT2D eigenvalue weighted by Gasteiger charge is -2.27. The smallest absolute Gasteiger partial charge is 0.160 e. The van der Waals surface area contributed by atoms with Gasteiger partial charge in [-0.05, 0) is 44.7 Å². The molecule has 2 nitrogen and oxygen atoms in total. The lowest BCUT2D eigenvalue weighted by Crippen LogP contribution is -2.31. The van der Waals surface area contributed by atoms with Crippen LogP contribution in [0.1, 0.15) is 36.4 Å². The molecule has 82 valence electrons. The summed E-state index contributed by atoms with van der Waals surface area (Å²) in [6.45, 7) is 5.57. The molecule has 1 aromatic rings. The first-order valence-electron chi connectivity index (χ1n) is 5.52. The molecule has 2 rings (SSSR count). The van der Waals surface area contributed by atoms with Crippen LogP contribution in [0.25, 0.3) is 0 Å². The Morgan fingerprint density at radius 2 is 2.27 bits per heavy atom. The number of aldehydes is 1. The molecule has 1 aromatic heterocycles. The fraction of sp³-hybridized carbons (Fsp3) is 0.583. The van der Waals surface area contributed by atoms with Crippen LogP contribution in [0, 0.1) is 5.92 Å². The number of carbonyl (C=O) groups excluding carboxylic acids is 1. The van der Waals surface area contributed by atoms with E-state index in [1.54, 1.807) is 11.3 Å². The highest BCUT2D eigenvalue weighted by atomic mass is 32.1. The highest BCUT2D eigenvalue weighted by molar-refractivity contribution is 7.17. The predicted molar refractivity (Wildman–Crippen MR) is 64.9 cm³/mol. The second-order valence-electron chi connectivity index (χ2n) is 4.48. The SMILES string of the molecule is CC(C)N(CC1CC1)c1ccc(C=O)s1. The van der Waals surface area contributed by atoms with Gasteiger partial charge in [-0.1, -0.05) is 0 Å². The Bertz CT molecular complexity index is 341. The molecule has 1 fully saturated rings. The molecule has 0 amide bonds. The van der Waals surface area contributed by atoms with Crippen LogP contribution in [-0.2, 0) is 0 Å². The first-order valence-corrected chi connectivity index (χ1v) is 6.34. The Balaban J connectivity index is 2.11. The number of anilines is 1. The van der Waals surface area contributed by atoms with E-state index in [2.05, 4.69) is 24.8 Å². The molecule has 0 aromatic carbocycles. The third-order valence-corrected chi connectivity index (χ3v) is 3.83. The molecule has 0 bridgehead atoms. The molecular formula is C12H17NOS. The average Bonchev–Trinajstić information content (AvgIpc) is 2.91. The van der Waals surface area contributed by atoms with Gasteiger partial charge in [0.25, 0.3) is 0 Å². The summed E-state index contributed by atoms with van der Waals surface area (Å²) in [5.74, 6) is 0.884. The normalized spacial score (nSPS) is 15.7. The van der Waals surface area contributed by atoms with Gasteiger partial charge in [-0.25, -0.2) is 0 Å². The Morgan fingerprint density at radius 3 is 2.73 bits per heavy atom. The van der Waals surface area contributed by atoms with Crippen LogP contribution >= 0.6 is 11.3 Å². The van der Waals surface area contributed by atoms with E-state index in [4.69, 9.17) is 0 Å². The molecule has 3 heteroatoms. The van der Waals surface area contributed by atoms with Gasteiger partial charge in [0.05, 0.1) is 9.88 Å². The molecule has 1 aliphatic carbocycles. The number of hydrogen-bond donors (Lipinski definition) is 0. The third kappa shape index (κ3) is 2.59. The van der Waals surface area contributed by atoms with Crippen LogP contribution < -0.4 is 4.90 Å². The van der Waals surface area contributed by atoms with Crippen molar-refractivity contribution in [3.05, 3.63) is 17.0 Å². The van der Waals surface area contributed by atoms with Gasteiger partial charge in [0.2, 0.25) is 0 Å². The van der Waals surface area contributed by atoms with Crippen molar-refractivity contribution >= 4 is 22.6 Å². The zero-order valence-electron chi connectivity index (χ0n) is 9.27. The topological polar surface area (TPSA) is 20.3 Å². The summed E-state index contributed by atoms with van der Waals surface area (Å²) in [6.07, 6.45) is 3.67. The maximum Gasteiger partial charge on any atom is 0.160 e. The zero-order valence-corrected chi connectivity index (χ0v) is 10.1. The van der Waals surface area contributed by atoms with Crippen LogP contribution in [0.3, 0.4) is 0 Å². The predicted octanol–water partition coefficient (Wildman–Crippen LogP) is 3.19. The van der Waals surface area contributed by atoms with Crippen LogP contribution in [0.4, 0.5) is 5.00 Å². The van der Waals surface area contributed by atoms with Crippen LogP contribution in [0.15, 0.2) is 12.1 Å². The Labute approximate surface area is 94.9 Å². The molecule has 0 atom stereocenters. The fourth-order valence-electron chi connectivity index (χ4n) is 1.69. The van der Waals surface area contributed by atoms with E-state index in [0.717, 1.165) is 23.6 Å². The number of carbonyl (C=O) groups is 1. The molecule has 0 unspecified atom stereocenters. The molecule has 0 N–H and O–H groups in total. The van der Waals surface area contributed by atoms with E-state index < -0.39 is 0 Å². The largest absolute Gasteiger partial charge is 0.361 e. The summed E-state index contributed by atoms with van der Waals surface area (Å²) in [5.41, 5.74) is 0. The van der Waals surface area contributed by atoms with Crippen molar-refractivity contribution in [1.29, 1.82) is 0 Å². The van der Waals surface area contributed by atoms with Crippen molar-refractivity contribution in [2.45, 2.75) is 32.7 Å². The van der Waals surface area contributed by atoms with E-state index in [9.17, 15) is 4.79 Å². The molecule has 0 radical (unpaired) electrons. The van der Waals surface area contributed by atoms with Crippen molar-refractivity contribution < 1.29 is 4.79 Å². The minimum atomic E-state index is 0.517. The number of hydrogen-bond acceptors (Lipinski definition) is 3. The second-order valence-corrected chi connectivity index (χ2v) is 5.58. The Kier molecular flexibility index (Phi) is 3.10. The summed E-state index contributed by atoms with van der Waals surface area (Å²) in [4.78, 5) is 13.9. The maximum atomic E-state index is 10.6. The quantitative estimate of drug-likeness (QED) is 0.714. The average molecular weight is 223 g/mol. The third-order valence-electron chi connectivity index (χ3n) is 2.79. The van der Waals surface area contributed by atoms with Gasteiger partial charge in [-0.15, -0.1) is 11.3 Å². The van der Waals surface area contributed by atoms with Crippen molar-refractivity contribution in [3.8, 4) is 0 Å². The summed E-state index contributed by atoms with van der Waals surface area (Å²) < 4.78 is 0. The monoisotopic (exact) mass is 223 g/mol. The Hall–Kier alpha value is -0.830. The molecular weight excluding hydrogens is 206 g/mol. The molecule has 1 saturated carbocycles. The van der Waals surface area contributed by atoms with Crippen LogP contribution in [-0.4, -0.2) is 18.9 Å². The molecule has 1 heterocycles. The van der Waals surface area contributed by atoms with Gasteiger partial charge in [0.1, 0.15) is 0 Å². The maximum absolute atomic E-state index is 10.6. The van der Waals surface area contributed by atoms with Gasteiger partial charge in [-0.2, -0.15) is 0 Å². The van der Waals surface area contributed by atoms with Gasteiger partial charge < -0.3 is 4.90 Å². The molecule has 1 aliphatic rings. The highest BCUT2D eigenvalue weighted by Crippen LogP contribution is 2.34. The molecule has 0 aliphatic heterocycles. The standard InChI is InChI=1S/C12H17NOS/c1-9(2)13(7-10-3-4-10)12-6-5-11(8-14)15-12/h5-6,8-10H,3-4,7H2,1-2H3. The fourth-order valence-corrected chi connectivity index (χ4v) is 2.66. The second kappa shape index (κ2) is 4.35. The summed E-state index contributed by atoms with van der Waals surface area (Å²) in [7, 11) is 0. The van der Waals surface area contributed by atoms with Crippen molar-refractivity contribution in [2.75, 3.05) is 11.4 Å². The van der Waals surface area contributed by atoms with Gasteiger partial charge >= 0.3 is 0 Å². The van der Waals surface area contributed by atoms with E-state index in [-0.39, 0.29) is 0 Å². The van der Waals surface area contributed by atoms with Crippen molar-refractivity contribution in [3.63, 3.8) is 0 Å². The summed E-state index contributed by atoms with van der Waals surface area (Å²) in [5, 5.41) is 1.24. The van der Waals surface area contributed by atoms with E-state index >= 15 is 0 Å². The Morgan fingerprint density at radius 1 is 1.53 bits per heavy atom. The van der Waals surface area contributed by atoms with Crippen LogP contribution in [0.2, 0.25) is 0 Å². The number of thiophene rings is 1. The highest BCUT2D eigenvalue weighted by Gasteiger charge is 2.26. The van der Waals surface area contributed by atoms with Gasteiger partial charge in [-0.3, -0.25) is 4.79 Å². The minimum Gasteiger partial charge on any atom is -0.361 e. The lowest BCUT2D eigenvalue weighted by atomic mass is 10.3. The van der Waals surface area contributed by atoms with E-state index in [1.807, 2.05) is 6.07 Å². The van der Waals surface area contributed by atoms with Crippen molar-refractivity contribution in [2.24, 2.45) is 5.92 Å². The summed E-state index contributed by atoms with van der Waals surface area (Å²) >= 11 is 1.60. The molecule has 15 heavy (non-hydrogen) atoms. The lowest BCUT2D eigenvalue weighted by molar-refractivity contribution is 0.112. The van der Waals surface area contributed by atoms with Crippen LogP contribution in [0.5, 0.6) is 0 Å². The van der Waals surface area contributed by atoms with Crippen molar-refractivity contribution in [1.82, 2.24) is 0 Å². The van der Waals surface area contributed by atoms with Gasteiger partial charge in [0, 0.05) is 12.6 Å². The number of rotatable bonds is 5. The van der Waals surface area contributed by atoms with E-state index in [0.29, 0.717) is 6.04 Å². The zero-order chi connectivity index (χ0) is 10.8. The molecule has 0 saturated heterocycles. The van der Waals surface area contributed by atoms with E-state index in [1.165, 1.54) is 17.8 Å². The first-order chi connectivity index (χ1) is 7.20. The minimum absolute atomic E-state index is 0.517. The first kappa shape index (κ1) is 10.7. The van der Waals surface area contributed by atoms with Gasteiger partial charge in [0.15, 0.2) is 6.29 Å². The number of nitrogens with zero attached hydrogens (tertiary/aromatic N) is 1.